The highest BCUT2D eigenvalue weighted by atomic mass is 19.1. The molecule has 2 aromatic carbocycles. The summed E-state index contributed by atoms with van der Waals surface area (Å²) in [7, 11) is 0. The van der Waals surface area contributed by atoms with Gasteiger partial charge in [0.25, 0.3) is 5.91 Å². The van der Waals surface area contributed by atoms with Crippen LogP contribution in [0.25, 0.3) is 0 Å². The molecule has 2 nitrogen and oxygen atoms in total. The average Bonchev–Trinajstić information content (AvgIpc) is 2.48. The first-order valence-electron chi connectivity index (χ1n) is 8.62. The molecule has 134 valence electrons. The molecule has 2 rings (SSSR count). The fourth-order valence-corrected chi connectivity index (χ4v) is 2.90. The second-order valence-corrected chi connectivity index (χ2v) is 8.68. The maximum absolute atomic E-state index is 14.3. The molecule has 2 aromatic rings. The van der Waals surface area contributed by atoms with E-state index in [-0.39, 0.29) is 22.4 Å². The Kier molecular flexibility index (Phi) is 5.08. The van der Waals surface area contributed by atoms with E-state index in [2.05, 4.69) is 46.9 Å². The summed E-state index contributed by atoms with van der Waals surface area (Å²) in [4.78, 5) is 12.6. The third kappa shape index (κ3) is 4.47. The molecule has 1 amide bonds. The second kappa shape index (κ2) is 6.62. The van der Waals surface area contributed by atoms with Crippen molar-refractivity contribution in [1.29, 1.82) is 0 Å². The van der Waals surface area contributed by atoms with Gasteiger partial charge in [-0.3, -0.25) is 4.79 Å². The molecule has 3 heteroatoms. The number of rotatable bonds is 2. The van der Waals surface area contributed by atoms with E-state index in [1.54, 1.807) is 12.1 Å². The monoisotopic (exact) mass is 341 g/mol. The van der Waals surface area contributed by atoms with Gasteiger partial charge in [-0.2, -0.15) is 0 Å². The highest BCUT2D eigenvalue weighted by Crippen LogP contribution is 2.30. The Bertz CT molecular complexity index is 795. The van der Waals surface area contributed by atoms with E-state index < -0.39 is 5.82 Å². The molecular weight excluding hydrogens is 313 g/mol. The SMILES string of the molecule is Cc1cc(F)c(NC(=O)c2cccc(C(C)(C)C)c2)cc1C(C)(C)C. The van der Waals surface area contributed by atoms with E-state index in [4.69, 9.17) is 0 Å². The van der Waals surface area contributed by atoms with Crippen molar-refractivity contribution >= 4 is 11.6 Å². The Morgan fingerprint density at radius 3 is 2.16 bits per heavy atom. The molecule has 0 heterocycles. The lowest BCUT2D eigenvalue weighted by Gasteiger charge is -2.23. The number of hydrogen-bond acceptors (Lipinski definition) is 1. The number of carbonyl (C=O) groups is 1. The van der Waals surface area contributed by atoms with Gasteiger partial charge in [0.2, 0.25) is 0 Å². The van der Waals surface area contributed by atoms with Crippen LogP contribution < -0.4 is 5.32 Å². The molecule has 0 saturated heterocycles. The molecule has 1 N–H and O–H groups in total. The molecule has 0 radical (unpaired) electrons. The first kappa shape index (κ1) is 19.2. The van der Waals surface area contributed by atoms with E-state index in [1.165, 1.54) is 6.07 Å². The normalized spacial score (nSPS) is 12.2. The first-order chi connectivity index (χ1) is 11.4. The van der Waals surface area contributed by atoms with Crippen LogP contribution >= 0.6 is 0 Å². The summed E-state index contributed by atoms with van der Waals surface area (Å²) >= 11 is 0. The number of aryl methyl sites for hydroxylation is 1. The standard InChI is InChI=1S/C22H28FNO/c1-14-11-18(23)19(13-17(14)22(5,6)7)24-20(25)15-9-8-10-16(12-15)21(2,3)4/h8-13H,1-7H3,(H,24,25). The minimum Gasteiger partial charge on any atom is -0.319 e. The Balaban J connectivity index is 2.36. The maximum atomic E-state index is 14.3. The molecule has 0 aliphatic carbocycles. The highest BCUT2D eigenvalue weighted by Gasteiger charge is 2.20. The van der Waals surface area contributed by atoms with E-state index in [1.807, 2.05) is 25.1 Å². The van der Waals surface area contributed by atoms with E-state index in [9.17, 15) is 9.18 Å². The summed E-state index contributed by atoms with van der Waals surface area (Å²) in [6.45, 7) is 14.4. The quantitative estimate of drug-likeness (QED) is 0.715. The minimum absolute atomic E-state index is 0.0508. The van der Waals surface area contributed by atoms with Gasteiger partial charge in [-0.15, -0.1) is 0 Å². The van der Waals surface area contributed by atoms with Gasteiger partial charge in [0.05, 0.1) is 5.69 Å². The van der Waals surface area contributed by atoms with Crippen LogP contribution in [-0.2, 0) is 10.8 Å². The number of anilines is 1. The Morgan fingerprint density at radius 2 is 1.60 bits per heavy atom. The van der Waals surface area contributed by atoms with Crippen LogP contribution in [0.5, 0.6) is 0 Å². The van der Waals surface area contributed by atoms with Crippen molar-refractivity contribution in [1.82, 2.24) is 0 Å². The van der Waals surface area contributed by atoms with E-state index in [0.717, 1.165) is 16.7 Å². The molecule has 0 aliphatic rings. The zero-order chi connectivity index (χ0) is 19.0. The molecule has 0 aliphatic heterocycles. The Labute approximate surface area is 150 Å². The predicted octanol–water partition coefficient (Wildman–Crippen LogP) is 5.98. The van der Waals surface area contributed by atoms with Gasteiger partial charge in [-0.1, -0.05) is 53.7 Å². The number of hydrogen-bond donors (Lipinski definition) is 1. The summed E-state index contributed by atoms with van der Waals surface area (Å²) in [5.41, 5.74) is 3.56. The fourth-order valence-electron chi connectivity index (χ4n) is 2.90. The molecule has 0 saturated carbocycles. The third-order valence-corrected chi connectivity index (χ3v) is 4.36. The van der Waals surface area contributed by atoms with Crippen molar-refractivity contribution in [3.8, 4) is 0 Å². The predicted molar refractivity (Wildman–Crippen MR) is 103 cm³/mol. The van der Waals surface area contributed by atoms with Crippen molar-refractivity contribution in [2.75, 3.05) is 5.32 Å². The summed E-state index contributed by atoms with van der Waals surface area (Å²) in [5.74, 6) is -0.709. The van der Waals surface area contributed by atoms with Crippen LogP contribution in [0.15, 0.2) is 36.4 Å². The van der Waals surface area contributed by atoms with Crippen LogP contribution in [0.2, 0.25) is 0 Å². The van der Waals surface area contributed by atoms with Gasteiger partial charge < -0.3 is 5.32 Å². The molecule has 25 heavy (non-hydrogen) atoms. The summed E-state index contributed by atoms with van der Waals surface area (Å²) < 4.78 is 14.3. The topological polar surface area (TPSA) is 29.1 Å². The van der Waals surface area contributed by atoms with E-state index >= 15 is 0 Å². The zero-order valence-electron chi connectivity index (χ0n) is 16.3. The van der Waals surface area contributed by atoms with Gasteiger partial charge in [0.1, 0.15) is 5.82 Å². The maximum Gasteiger partial charge on any atom is 0.255 e. The van der Waals surface area contributed by atoms with Gasteiger partial charge >= 0.3 is 0 Å². The van der Waals surface area contributed by atoms with Crippen LogP contribution in [0.1, 0.15) is 68.6 Å². The van der Waals surface area contributed by atoms with Crippen molar-refractivity contribution in [3.63, 3.8) is 0 Å². The Hall–Kier alpha value is -2.16. The summed E-state index contributed by atoms with van der Waals surface area (Å²) in [6.07, 6.45) is 0. The first-order valence-corrected chi connectivity index (χ1v) is 8.62. The van der Waals surface area contributed by atoms with Crippen LogP contribution in [0.3, 0.4) is 0 Å². The lowest BCUT2D eigenvalue weighted by molar-refractivity contribution is 0.102. The molecule has 0 spiro atoms. The van der Waals surface area contributed by atoms with Gasteiger partial charge in [0.15, 0.2) is 0 Å². The fraction of sp³-hybridized carbons (Fsp3) is 0.409. The molecular formula is C22H28FNO. The van der Waals surface area contributed by atoms with Crippen LogP contribution in [0, 0.1) is 12.7 Å². The summed E-state index contributed by atoms with van der Waals surface area (Å²) in [5, 5.41) is 2.73. The third-order valence-electron chi connectivity index (χ3n) is 4.36. The Morgan fingerprint density at radius 1 is 0.960 bits per heavy atom. The van der Waals surface area contributed by atoms with Crippen LogP contribution in [-0.4, -0.2) is 5.91 Å². The van der Waals surface area contributed by atoms with Crippen molar-refractivity contribution in [2.24, 2.45) is 0 Å². The number of amides is 1. The number of halogens is 1. The van der Waals surface area contributed by atoms with Gasteiger partial charge in [-0.05, 0) is 58.7 Å². The molecule has 0 atom stereocenters. The molecule has 0 unspecified atom stereocenters. The van der Waals surface area contributed by atoms with Gasteiger partial charge in [-0.25, -0.2) is 4.39 Å². The number of nitrogens with one attached hydrogen (secondary N) is 1. The highest BCUT2D eigenvalue weighted by molar-refractivity contribution is 6.04. The minimum atomic E-state index is -0.411. The van der Waals surface area contributed by atoms with Gasteiger partial charge in [0, 0.05) is 5.56 Å². The van der Waals surface area contributed by atoms with E-state index in [0.29, 0.717) is 5.56 Å². The number of benzene rings is 2. The largest absolute Gasteiger partial charge is 0.319 e. The smallest absolute Gasteiger partial charge is 0.255 e. The summed E-state index contributed by atoms with van der Waals surface area (Å²) in [6, 6.07) is 10.7. The zero-order valence-corrected chi connectivity index (χ0v) is 16.3. The molecule has 0 bridgehead atoms. The average molecular weight is 341 g/mol. The molecule has 0 aromatic heterocycles. The van der Waals surface area contributed by atoms with Crippen molar-refractivity contribution in [2.45, 2.75) is 59.3 Å². The van der Waals surface area contributed by atoms with Crippen molar-refractivity contribution < 1.29 is 9.18 Å². The lowest BCUT2D eigenvalue weighted by atomic mass is 9.83. The van der Waals surface area contributed by atoms with Crippen LogP contribution in [0.4, 0.5) is 10.1 Å². The molecule has 0 fully saturated rings. The lowest BCUT2D eigenvalue weighted by Crippen LogP contribution is -2.18. The second-order valence-electron chi connectivity index (χ2n) is 8.68. The number of carbonyl (C=O) groups excluding carboxylic acids is 1. The van der Waals surface area contributed by atoms with Crippen molar-refractivity contribution in [3.05, 3.63) is 64.5 Å².